The molecule has 2 fully saturated rings. The zero-order chi connectivity index (χ0) is 22.0. The topological polar surface area (TPSA) is 102 Å². The van der Waals surface area contributed by atoms with Gasteiger partial charge in [-0.3, -0.25) is 0 Å². The standard InChI is InChI=1S/C23H24FN7O/c1-11-27-8-15(9-28-11)32-23-29-20-7-16-17(4-13(24)5-19(16)26-2)21(20)22(30-23)31-10-12-3-14(31)6-18(12)25/h4-5,8-9,12,14,18,26H,3,6-7,10,25H2,1-2H3/t12?,14?,18-/m1/s1. The monoisotopic (exact) mass is 433 g/mol. The van der Waals surface area contributed by atoms with Gasteiger partial charge in [0.05, 0.1) is 18.1 Å². The highest BCUT2D eigenvalue weighted by Crippen LogP contribution is 2.48. The van der Waals surface area contributed by atoms with Crippen LogP contribution in [0.1, 0.15) is 29.9 Å². The van der Waals surface area contributed by atoms with E-state index < -0.39 is 0 Å². The Balaban J connectivity index is 1.48. The summed E-state index contributed by atoms with van der Waals surface area (Å²) >= 11 is 0. The molecule has 3 aromatic rings. The van der Waals surface area contributed by atoms with E-state index in [-0.39, 0.29) is 17.9 Å². The predicted molar refractivity (Wildman–Crippen MR) is 118 cm³/mol. The van der Waals surface area contributed by atoms with E-state index in [9.17, 15) is 4.39 Å². The minimum Gasteiger partial charge on any atom is -0.421 e. The third kappa shape index (κ3) is 2.99. The van der Waals surface area contributed by atoms with Crippen molar-refractivity contribution in [2.45, 2.75) is 38.3 Å². The molecule has 3 aliphatic rings. The molecule has 2 aliphatic carbocycles. The van der Waals surface area contributed by atoms with E-state index >= 15 is 0 Å². The minimum absolute atomic E-state index is 0.229. The highest BCUT2D eigenvalue weighted by Gasteiger charge is 2.45. The van der Waals surface area contributed by atoms with Gasteiger partial charge in [-0.25, -0.2) is 14.4 Å². The molecule has 32 heavy (non-hydrogen) atoms. The lowest BCUT2D eigenvalue weighted by atomic mass is 10.0. The van der Waals surface area contributed by atoms with Crippen molar-refractivity contribution in [3.63, 3.8) is 0 Å². The molecule has 1 aliphatic heterocycles. The Morgan fingerprint density at radius 3 is 2.69 bits per heavy atom. The SMILES string of the molecule is CNc1cc(F)cc2c1Cc1nc(Oc3cnc(C)nc3)nc(N3CC4CC3C[C@H]4N)c1-2. The van der Waals surface area contributed by atoms with Gasteiger partial charge in [0.2, 0.25) is 0 Å². The Bertz CT molecular complexity index is 1210. The maximum atomic E-state index is 14.5. The molecule has 1 saturated heterocycles. The molecular weight excluding hydrogens is 409 g/mol. The van der Waals surface area contributed by atoms with Gasteiger partial charge in [-0.05, 0) is 48.9 Å². The van der Waals surface area contributed by atoms with Crippen molar-refractivity contribution >= 4 is 11.5 Å². The molecule has 2 unspecified atom stereocenters. The normalized spacial score (nSPS) is 22.8. The summed E-state index contributed by atoms with van der Waals surface area (Å²) in [5, 5.41) is 3.12. The second-order valence-corrected chi connectivity index (χ2v) is 8.83. The number of nitrogens with two attached hydrogens (primary N) is 1. The molecular formula is C23H24FN7O. The number of piperidine rings is 1. The van der Waals surface area contributed by atoms with Gasteiger partial charge in [0, 0.05) is 43.3 Å². The van der Waals surface area contributed by atoms with Crippen LogP contribution in [0.15, 0.2) is 24.5 Å². The number of hydrogen-bond donors (Lipinski definition) is 2. The van der Waals surface area contributed by atoms with Crippen LogP contribution in [0.25, 0.3) is 11.1 Å². The van der Waals surface area contributed by atoms with Crippen LogP contribution in [-0.2, 0) is 6.42 Å². The number of nitrogens with one attached hydrogen (secondary N) is 1. The van der Waals surface area contributed by atoms with Crippen molar-refractivity contribution in [2.24, 2.45) is 11.7 Å². The van der Waals surface area contributed by atoms with Crippen LogP contribution in [0.4, 0.5) is 15.9 Å². The summed E-state index contributed by atoms with van der Waals surface area (Å²) < 4.78 is 20.4. The maximum absolute atomic E-state index is 14.5. The highest BCUT2D eigenvalue weighted by atomic mass is 19.1. The Morgan fingerprint density at radius 1 is 1.19 bits per heavy atom. The van der Waals surface area contributed by atoms with Crippen LogP contribution in [0, 0.1) is 18.7 Å². The first-order chi connectivity index (χ1) is 15.5. The Kier molecular flexibility index (Phi) is 4.29. The summed E-state index contributed by atoms with van der Waals surface area (Å²) in [5.41, 5.74) is 10.7. The van der Waals surface area contributed by atoms with Gasteiger partial charge in [-0.15, -0.1) is 0 Å². The molecule has 3 atom stereocenters. The lowest BCUT2D eigenvalue weighted by molar-refractivity contribution is 0.432. The molecule has 0 spiro atoms. The van der Waals surface area contributed by atoms with Crippen LogP contribution in [0.2, 0.25) is 0 Å². The number of aryl methyl sites for hydroxylation is 1. The molecule has 8 nitrogen and oxygen atoms in total. The molecule has 3 heterocycles. The van der Waals surface area contributed by atoms with E-state index in [1.807, 2.05) is 6.92 Å². The number of benzene rings is 1. The fourth-order valence-corrected chi connectivity index (χ4v) is 5.36. The third-order valence-electron chi connectivity index (χ3n) is 6.88. The van der Waals surface area contributed by atoms with Crippen LogP contribution >= 0.6 is 0 Å². The fourth-order valence-electron chi connectivity index (χ4n) is 5.36. The summed E-state index contributed by atoms with van der Waals surface area (Å²) in [7, 11) is 1.80. The van der Waals surface area contributed by atoms with Crippen LogP contribution < -0.4 is 20.7 Å². The van der Waals surface area contributed by atoms with Gasteiger partial charge in [-0.2, -0.15) is 9.97 Å². The lowest BCUT2D eigenvalue weighted by Gasteiger charge is -2.32. The average Bonchev–Trinajstić information content (AvgIpc) is 3.46. The predicted octanol–water partition coefficient (Wildman–Crippen LogP) is 3.05. The summed E-state index contributed by atoms with van der Waals surface area (Å²) in [5.74, 6) is 2.10. The zero-order valence-electron chi connectivity index (χ0n) is 18.0. The summed E-state index contributed by atoms with van der Waals surface area (Å²) in [6.07, 6.45) is 5.79. The first kappa shape index (κ1) is 19.4. The number of rotatable bonds is 4. The van der Waals surface area contributed by atoms with Crippen molar-refractivity contribution in [1.29, 1.82) is 0 Å². The molecule has 0 amide bonds. The largest absolute Gasteiger partial charge is 0.421 e. The molecule has 2 bridgehead atoms. The van der Waals surface area contributed by atoms with E-state index in [0.29, 0.717) is 30.0 Å². The molecule has 2 aromatic heterocycles. The van der Waals surface area contributed by atoms with Gasteiger partial charge < -0.3 is 20.7 Å². The number of halogens is 1. The van der Waals surface area contributed by atoms with E-state index in [0.717, 1.165) is 53.3 Å². The molecule has 164 valence electrons. The first-order valence-electron chi connectivity index (χ1n) is 10.9. The van der Waals surface area contributed by atoms with E-state index in [1.165, 1.54) is 6.07 Å². The number of ether oxygens (including phenoxy) is 1. The molecule has 9 heteroatoms. The molecule has 6 rings (SSSR count). The second kappa shape index (κ2) is 7.09. The van der Waals surface area contributed by atoms with Crippen molar-refractivity contribution < 1.29 is 9.13 Å². The molecule has 1 aromatic carbocycles. The van der Waals surface area contributed by atoms with Crippen LogP contribution in [0.3, 0.4) is 0 Å². The van der Waals surface area contributed by atoms with Crippen molar-refractivity contribution in [1.82, 2.24) is 19.9 Å². The summed E-state index contributed by atoms with van der Waals surface area (Å²) in [6.45, 7) is 2.66. The first-order valence-corrected chi connectivity index (χ1v) is 10.9. The zero-order valence-corrected chi connectivity index (χ0v) is 18.0. The van der Waals surface area contributed by atoms with Crippen LogP contribution in [0.5, 0.6) is 11.8 Å². The van der Waals surface area contributed by atoms with Crippen LogP contribution in [-0.4, -0.2) is 45.6 Å². The summed E-state index contributed by atoms with van der Waals surface area (Å²) in [4.78, 5) is 20.2. The number of nitrogens with zero attached hydrogens (tertiary/aromatic N) is 5. The van der Waals surface area contributed by atoms with E-state index in [1.54, 1.807) is 25.5 Å². The van der Waals surface area contributed by atoms with Gasteiger partial charge in [0.15, 0.2) is 5.75 Å². The highest BCUT2D eigenvalue weighted by molar-refractivity contribution is 5.88. The minimum atomic E-state index is -0.283. The Labute approximate surface area is 185 Å². The molecule has 1 saturated carbocycles. The number of aromatic nitrogens is 4. The van der Waals surface area contributed by atoms with Gasteiger partial charge >= 0.3 is 6.01 Å². The Hall–Kier alpha value is -3.33. The third-order valence-corrected chi connectivity index (χ3v) is 6.88. The number of anilines is 2. The van der Waals surface area contributed by atoms with Gasteiger partial charge in [0.25, 0.3) is 0 Å². The average molecular weight is 433 g/mol. The van der Waals surface area contributed by atoms with E-state index in [4.69, 9.17) is 20.4 Å². The van der Waals surface area contributed by atoms with Crippen molar-refractivity contribution in [3.05, 3.63) is 47.4 Å². The van der Waals surface area contributed by atoms with Gasteiger partial charge in [-0.1, -0.05) is 0 Å². The fraction of sp³-hybridized carbons (Fsp3) is 0.391. The lowest BCUT2D eigenvalue weighted by Crippen LogP contribution is -2.41. The smallest absolute Gasteiger partial charge is 0.324 e. The quantitative estimate of drug-likeness (QED) is 0.506. The maximum Gasteiger partial charge on any atom is 0.324 e. The molecule has 3 N–H and O–H groups in total. The van der Waals surface area contributed by atoms with Crippen molar-refractivity contribution in [2.75, 3.05) is 23.8 Å². The number of fused-ring (bicyclic) bond motifs is 5. The van der Waals surface area contributed by atoms with Crippen molar-refractivity contribution in [3.8, 4) is 22.9 Å². The summed E-state index contributed by atoms with van der Waals surface area (Å²) in [6, 6.07) is 3.91. The second-order valence-electron chi connectivity index (χ2n) is 8.83. The Morgan fingerprint density at radius 2 is 2.00 bits per heavy atom. The van der Waals surface area contributed by atoms with E-state index in [2.05, 4.69) is 20.2 Å². The van der Waals surface area contributed by atoms with Gasteiger partial charge in [0.1, 0.15) is 17.5 Å². The molecule has 0 radical (unpaired) electrons. The number of hydrogen-bond acceptors (Lipinski definition) is 8.